The van der Waals surface area contributed by atoms with Crippen molar-refractivity contribution >= 4 is 6.72 Å². The Morgan fingerprint density at radius 1 is 1.54 bits per heavy atom. The molecular formula is C10H19N3. The molecule has 0 fully saturated rings. The Morgan fingerprint density at radius 3 is 2.69 bits per heavy atom. The van der Waals surface area contributed by atoms with Crippen molar-refractivity contribution in [3.05, 3.63) is 24.2 Å². The second-order valence-electron chi connectivity index (χ2n) is 2.73. The average Bonchev–Trinajstić information content (AvgIpc) is 2.16. The van der Waals surface area contributed by atoms with Gasteiger partial charge in [0.25, 0.3) is 0 Å². The lowest BCUT2D eigenvalue weighted by atomic mass is 10.3. The van der Waals surface area contributed by atoms with E-state index in [9.17, 15) is 0 Å². The molecule has 0 aromatic carbocycles. The lowest BCUT2D eigenvalue weighted by molar-refractivity contribution is 0.705. The van der Waals surface area contributed by atoms with E-state index in [1.54, 1.807) is 6.20 Å². The molecule has 0 heterocycles. The summed E-state index contributed by atoms with van der Waals surface area (Å²) in [5, 5.41) is 6.20. The lowest BCUT2D eigenvalue weighted by Crippen LogP contribution is -2.21. The number of likely N-dealkylation sites (N-methyl/N-ethyl adjacent to an activating group) is 1. The van der Waals surface area contributed by atoms with E-state index in [1.165, 1.54) is 6.42 Å². The van der Waals surface area contributed by atoms with E-state index >= 15 is 0 Å². The maximum absolute atomic E-state index is 3.84. The molecule has 0 radical (unpaired) electrons. The van der Waals surface area contributed by atoms with Gasteiger partial charge in [0.1, 0.15) is 0 Å². The van der Waals surface area contributed by atoms with Crippen LogP contribution >= 0.6 is 0 Å². The van der Waals surface area contributed by atoms with Crippen molar-refractivity contribution in [3.63, 3.8) is 0 Å². The highest BCUT2D eigenvalue weighted by Gasteiger charge is 1.97. The van der Waals surface area contributed by atoms with Gasteiger partial charge in [0, 0.05) is 13.6 Å². The van der Waals surface area contributed by atoms with Gasteiger partial charge in [-0.2, -0.15) is 0 Å². The number of rotatable bonds is 7. The Morgan fingerprint density at radius 2 is 2.23 bits per heavy atom. The predicted molar refractivity (Wildman–Crippen MR) is 58.7 cm³/mol. The third-order valence-corrected chi connectivity index (χ3v) is 1.69. The standard InChI is InChI=1S/C10H19N3/c1-5-6-7-13-10(8-11-3)9(2)12-4/h8,12-13H,2-3,5-7H2,1,4H3/b10-8+. The third kappa shape index (κ3) is 5.06. The molecule has 0 spiro atoms. The fourth-order valence-corrected chi connectivity index (χ4v) is 0.856. The van der Waals surface area contributed by atoms with Gasteiger partial charge < -0.3 is 10.6 Å². The van der Waals surface area contributed by atoms with Crippen molar-refractivity contribution < 1.29 is 0 Å². The van der Waals surface area contributed by atoms with Gasteiger partial charge in [0.15, 0.2) is 0 Å². The predicted octanol–water partition coefficient (Wildman–Crippen LogP) is 1.65. The van der Waals surface area contributed by atoms with Crippen molar-refractivity contribution in [2.24, 2.45) is 4.99 Å². The average molecular weight is 181 g/mol. The number of aliphatic imine (C=N–C) groups is 1. The maximum Gasteiger partial charge on any atom is 0.0755 e. The first kappa shape index (κ1) is 11.8. The molecule has 0 atom stereocenters. The number of nitrogens with zero attached hydrogens (tertiary/aromatic N) is 1. The van der Waals surface area contributed by atoms with Crippen LogP contribution < -0.4 is 10.6 Å². The molecular weight excluding hydrogens is 162 g/mol. The quantitative estimate of drug-likeness (QED) is 0.356. The SMILES string of the molecule is C=N/C=C(/NCCCC)C(=C)NC. The van der Waals surface area contributed by atoms with Crippen LogP contribution in [-0.2, 0) is 0 Å². The molecule has 0 rings (SSSR count). The Balaban J connectivity index is 4.03. The summed E-state index contributed by atoms with van der Waals surface area (Å²) in [7, 11) is 1.83. The first-order valence-corrected chi connectivity index (χ1v) is 4.53. The monoisotopic (exact) mass is 181 g/mol. The molecule has 3 heteroatoms. The number of unbranched alkanes of at least 4 members (excludes halogenated alkanes) is 1. The van der Waals surface area contributed by atoms with Crippen LogP contribution in [0.25, 0.3) is 0 Å². The summed E-state index contributed by atoms with van der Waals surface area (Å²) in [5.41, 5.74) is 1.74. The molecule has 0 saturated carbocycles. The molecule has 2 N–H and O–H groups in total. The van der Waals surface area contributed by atoms with E-state index in [4.69, 9.17) is 0 Å². The summed E-state index contributed by atoms with van der Waals surface area (Å²) in [5.74, 6) is 0. The topological polar surface area (TPSA) is 36.4 Å². The largest absolute Gasteiger partial charge is 0.387 e. The summed E-state index contributed by atoms with van der Waals surface area (Å²) >= 11 is 0. The summed E-state index contributed by atoms with van der Waals surface area (Å²) in [6.45, 7) is 10.4. The molecule has 0 aromatic rings. The molecule has 0 unspecified atom stereocenters. The van der Waals surface area contributed by atoms with Crippen molar-refractivity contribution in [1.29, 1.82) is 0 Å². The van der Waals surface area contributed by atoms with Crippen molar-refractivity contribution in [1.82, 2.24) is 10.6 Å². The number of hydrogen-bond acceptors (Lipinski definition) is 3. The van der Waals surface area contributed by atoms with E-state index < -0.39 is 0 Å². The number of hydrogen-bond donors (Lipinski definition) is 2. The Hall–Kier alpha value is -1.25. The summed E-state index contributed by atoms with van der Waals surface area (Å²) in [4.78, 5) is 3.71. The van der Waals surface area contributed by atoms with Gasteiger partial charge in [-0.15, -0.1) is 0 Å². The Kier molecular flexibility index (Phi) is 6.69. The van der Waals surface area contributed by atoms with Crippen molar-refractivity contribution in [3.8, 4) is 0 Å². The van der Waals surface area contributed by atoms with Gasteiger partial charge in [-0.05, 0) is 13.1 Å². The van der Waals surface area contributed by atoms with Crippen molar-refractivity contribution in [2.45, 2.75) is 19.8 Å². The lowest BCUT2D eigenvalue weighted by Gasteiger charge is -2.11. The van der Waals surface area contributed by atoms with Crippen LogP contribution in [0.4, 0.5) is 0 Å². The van der Waals surface area contributed by atoms with E-state index in [2.05, 4.69) is 35.8 Å². The van der Waals surface area contributed by atoms with E-state index in [-0.39, 0.29) is 0 Å². The van der Waals surface area contributed by atoms with Crippen LogP contribution in [-0.4, -0.2) is 20.3 Å². The zero-order valence-corrected chi connectivity index (χ0v) is 8.56. The van der Waals surface area contributed by atoms with Crippen LogP contribution in [0.1, 0.15) is 19.8 Å². The van der Waals surface area contributed by atoms with Crippen molar-refractivity contribution in [2.75, 3.05) is 13.6 Å². The molecule has 13 heavy (non-hydrogen) atoms. The highest BCUT2D eigenvalue weighted by molar-refractivity contribution is 5.31. The van der Waals surface area contributed by atoms with Gasteiger partial charge in [-0.1, -0.05) is 19.9 Å². The van der Waals surface area contributed by atoms with Crippen LogP contribution in [0.2, 0.25) is 0 Å². The highest BCUT2D eigenvalue weighted by atomic mass is 15.0. The minimum absolute atomic E-state index is 0.837. The smallest absolute Gasteiger partial charge is 0.0755 e. The first-order chi connectivity index (χ1) is 6.26. The normalized spacial score (nSPS) is 10.8. The van der Waals surface area contributed by atoms with Crippen LogP contribution in [0.15, 0.2) is 29.2 Å². The molecule has 0 aliphatic heterocycles. The second kappa shape index (κ2) is 7.40. The Labute approximate surface area is 80.6 Å². The molecule has 0 aromatic heterocycles. The summed E-state index contributed by atoms with van der Waals surface area (Å²) in [6.07, 6.45) is 3.99. The molecule has 3 nitrogen and oxygen atoms in total. The van der Waals surface area contributed by atoms with Gasteiger partial charge in [-0.3, -0.25) is 4.99 Å². The second-order valence-corrected chi connectivity index (χ2v) is 2.73. The fourth-order valence-electron chi connectivity index (χ4n) is 0.856. The van der Waals surface area contributed by atoms with Gasteiger partial charge in [0.2, 0.25) is 0 Å². The molecule has 0 aliphatic carbocycles. The zero-order valence-electron chi connectivity index (χ0n) is 8.56. The maximum atomic E-state index is 3.84. The highest BCUT2D eigenvalue weighted by Crippen LogP contribution is 2.00. The van der Waals surface area contributed by atoms with Gasteiger partial charge in [-0.25, -0.2) is 0 Å². The number of nitrogens with one attached hydrogen (secondary N) is 2. The van der Waals surface area contributed by atoms with Crippen LogP contribution in [0.3, 0.4) is 0 Å². The molecule has 0 saturated heterocycles. The first-order valence-electron chi connectivity index (χ1n) is 4.53. The molecule has 0 aliphatic rings. The minimum Gasteiger partial charge on any atom is -0.387 e. The third-order valence-electron chi connectivity index (χ3n) is 1.69. The van der Waals surface area contributed by atoms with Crippen LogP contribution in [0.5, 0.6) is 0 Å². The Bertz CT molecular complexity index is 194. The summed E-state index contributed by atoms with van der Waals surface area (Å²) in [6, 6.07) is 0. The zero-order chi connectivity index (χ0) is 10.1. The molecule has 74 valence electrons. The minimum atomic E-state index is 0.837. The van der Waals surface area contributed by atoms with E-state index in [0.717, 1.165) is 24.4 Å². The van der Waals surface area contributed by atoms with Crippen LogP contribution in [0, 0.1) is 0 Å². The van der Waals surface area contributed by atoms with E-state index in [0.29, 0.717) is 0 Å². The molecule has 0 bridgehead atoms. The fraction of sp³-hybridized carbons (Fsp3) is 0.500. The van der Waals surface area contributed by atoms with Gasteiger partial charge in [0.05, 0.1) is 17.6 Å². The van der Waals surface area contributed by atoms with E-state index in [1.807, 2.05) is 7.05 Å². The van der Waals surface area contributed by atoms with Gasteiger partial charge >= 0.3 is 0 Å². The molecule has 0 amide bonds. The summed E-state index contributed by atoms with van der Waals surface area (Å²) < 4.78 is 0.